The molecule has 0 aliphatic rings. The van der Waals surface area contributed by atoms with Crippen molar-refractivity contribution in [2.75, 3.05) is 0 Å². The van der Waals surface area contributed by atoms with E-state index in [1.54, 1.807) is 16.6 Å². The van der Waals surface area contributed by atoms with E-state index in [1.807, 2.05) is 30.3 Å². The van der Waals surface area contributed by atoms with Crippen molar-refractivity contribution in [3.63, 3.8) is 0 Å². The summed E-state index contributed by atoms with van der Waals surface area (Å²) in [5.41, 5.74) is 1.67. The first-order valence-corrected chi connectivity index (χ1v) is 5.55. The molecule has 0 fully saturated rings. The van der Waals surface area contributed by atoms with Gasteiger partial charge in [0, 0.05) is 0 Å². The van der Waals surface area contributed by atoms with Gasteiger partial charge < -0.3 is 5.11 Å². The molecule has 2 N–H and O–H groups in total. The van der Waals surface area contributed by atoms with Crippen LogP contribution in [0.25, 0.3) is 5.52 Å². The molecular formula is C13H11N3O2. The molecule has 18 heavy (non-hydrogen) atoms. The molecule has 1 unspecified atom stereocenters. The van der Waals surface area contributed by atoms with Gasteiger partial charge in [-0.2, -0.15) is 4.98 Å². The molecule has 5 heteroatoms. The lowest BCUT2D eigenvalue weighted by molar-refractivity contribution is 0.213. The molecule has 0 saturated carbocycles. The van der Waals surface area contributed by atoms with Crippen LogP contribution < -0.4 is 5.69 Å². The first-order valence-electron chi connectivity index (χ1n) is 5.55. The van der Waals surface area contributed by atoms with Gasteiger partial charge in [-0.3, -0.25) is 4.52 Å². The molecule has 1 atom stereocenters. The summed E-state index contributed by atoms with van der Waals surface area (Å²) in [7, 11) is 0. The molecule has 5 nitrogen and oxygen atoms in total. The van der Waals surface area contributed by atoms with Crippen molar-refractivity contribution in [3.8, 4) is 0 Å². The minimum atomic E-state index is -0.785. The molecule has 0 spiro atoms. The van der Waals surface area contributed by atoms with E-state index < -0.39 is 11.8 Å². The van der Waals surface area contributed by atoms with Crippen LogP contribution in [0.2, 0.25) is 0 Å². The van der Waals surface area contributed by atoms with E-state index in [1.165, 1.54) is 6.20 Å². The number of H-pyrrole nitrogens is 1. The van der Waals surface area contributed by atoms with Gasteiger partial charge in [0.1, 0.15) is 6.10 Å². The molecule has 90 valence electrons. The first-order chi connectivity index (χ1) is 8.75. The Morgan fingerprint density at radius 1 is 1.17 bits per heavy atom. The van der Waals surface area contributed by atoms with Crippen LogP contribution in [0.15, 0.2) is 53.5 Å². The van der Waals surface area contributed by atoms with Crippen LogP contribution in [0.4, 0.5) is 0 Å². The molecule has 0 radical (unpaired) electrons. The third-order valence-corrected chi connectivity index (χ3v) is 2.86. The number of nitrogens with one attached hydrogen (secondary N) is 1. The Hall–Kier alpha value is -2.40. The Morgan fingerprint density at radius 3 is 2.72 bits per heavy atom. The van der Waals surface area contributed by atoms with Crippen molar-refractivity contribution in [2.24, 2.45) is 0 Å². The summed E-state index contributed by atoms with van der Waals surface area (Å²) >= 11 is 0. The van der Waals surface area contributed by atoms with Crippen LogP contribution >= 0.6 is 0 Å². The van der Waals surface area contributed by atoms with Crippen LogP contribution in [0.3, 0.4) is 0 Å². The van der Waals surface area contributed by atoms with Crippen LogP contribution in [0.1, 0.15) is 17.4 Å². The van der Waals surface area contributed by atoms with Gasteiger partial charge in [0.05, 0.1) is 17.4 Å². The lowest BCUT2D eigenvalue weighted by atomic mass is 10.1. The highest BCUT2D eigenvalue weighted by atomic mass is 16.3. The summed E-state index contributed by atoms with van der Waals surface area (Å²) in [6, 6.07) is 12.8. The largest absolute Gasteiger partial charge is 0.382 e. The quantitative estimate of drug-likeness (QED) is 0.706. The first kappa shape index (κ1) is 10.7. The lowest BCUT2D eigenvalue weighted by Gasteiger charge is -2.10. The summed E-state index contributed by atoms with van der Waals surface area (Å²) in [4.78, 5) is 14.9. The SMILES string of the molecule is O=c1ncc2ccc(C(O)c3ccccc3)n2[nH]1. The van der Waals surface area contributed by atoms with Crippen LogP contribution in [0, 0.1) is 0 Å². The van der Waals surface area contributed by atoms with E-state index >= 15 is 0 Å². The molecule has 0 bridgehead atoms. The average Bonchev–Trinajstić information content (AvgIpc) is 2.82. The molecular weight excluding hydrogens is 230 g/mol. The monoisotopic (exact) mass is 241 g/mol. The van der Waals surface area contributed by atoms with Crippen molar-refractivity contribution >= 4 is 5.52 Å². The van der Waals surface area contributed by atoms with E-state index in [-0.39, 0.29) is 0 Å². The number of nitrogens with zero attached hydrogens (tertiary/aromatic N) is 2. The second-order valence-electron chi connectivity index (χ2n) is 4.01. The second kappa shape index (κ2) is 4.12. The summed E-state index contributed by atoms with van der Waals surface area (Å²) in [5, 5.41) is 12.9. The minimum Gasteiger partial charge on any atom is -0.382 e. The summed E-state index contributed by atoms with van der Waals surface area (Å²) < 4.78 is 1.55. The predicted octanol–water partition coefficient (Wildman–Crippen LogP) is 1.10. The predicted molar refractivity (Wildman–Crippen MR) is 66.3 cm³/mol. The zero-order valence-electron chi connectivity index (χ0n) is 9.45. The fourth-order valence-corrected chi connectivity index (χ4v) is 1.97. The van der Waals surface area contributed by atoms with Crippen molar-refractivity contribution in [2.45, 2.75) is 6.10 Å². The average molecular weight is 241 g/mol. The number of rotatable bonds is 2. The van der Waals surface area contributed by atoms with Gasteiger partial charge in [0.2, 0.25) is 0 Å². The molecule has 0 aliphatic heterocycles. The number of aliphatic hydroxyl groups is 1. The van der Waals surface area contributed by atoms with E-state index in [0.717, 1.165) is 11.1 Å². The zero-order chi connectivity index (χ0) is 12.5. The van der Waals surface area contributed by atoms with Crippen molar-refractivity contribution in [1.29, 1.82) is 0 Å². The molecule has 0 saturated heterocycles. The zero-order valence-corrected chi connectivity index (χ0v) is 9.45. The smallest absolute Gasteiger partial charge is 0.360 e. The maximum Gasteiger partial charge on any atom is 0.360 e. The maximum atomic E-state index is 11.2. The van der Waals surface area contributed by atoms with Gasteiger partial charge in [-0.05, 0) is 17.7 Å². The topological polar surface area (TPSA) is 70.4 Å². The van der Waals surface area contributed by atoms with Crippen LogP contribution in [0.5, 0.6) is 0 Å². The van der Waals surface area contributed by atoms with Gasteiger partial charge in [-0.1, -0.05) is 30.3 Å². The number of benzene rings is 1. The van der Waals surface area contributed by atoms with Gasteiger partial charge in [-0.25, -0.2) is 9.89 Å². The van der Waals surface area contributed by atoms with E-state index in [0.29, 0.717) is 5.69 Å². The Labute approximate surface area is 102 Å². The molecule has 2 aromatic heterocycles. The lowest BCUT2D eigenvalue weighted by Crippen LogP contribution is -2.16. The minimum absolute atomic E-state index is 0.444. The van der Waals surface area contributed by atoms with Gasteiger partial charge in [-0.15, -0.1) is 0 Å². The van der Waals surface area contributed by atoms with Crippen molar-refractivity contribution < 1.29 is 5.11 Å². The van der Waals surface area contributed by atoms with Crippen molar-refractivity contribution in [3.05, 3.63) is 70.4 Å². The van der Waals surface area contributed by atoms with Crippen LogP contribution in [-0.2, 0) is 0 Å². The third kappa shape index (κ3) is 1.70. The fourth-order valence-electron chi connectivity index (χ4n) is 1.97. The number of aromatic amines is 1. The highest BCUT2D eigenvalue weighted by Crippen LogP contribution is 2.22. The highest BCUT2D eigenvalue weighted by molar-refractivity contribution is 5.47. The molecule has 0 aliphatic carbocycles. The van der Waals surface area contributed by atoms with Crippen LogP contribution in [-0.4, -0.2) is 19.7 Å². The number of hydrogen-bond acceptors (Lipinski definition) is 3. The molecule has 2 heterocycles. The summed E-state index contributed by atoms with van der Waals surface area (Å²) in [5.74, 6) is 0. The number of aliphatic hydroxyl groups excluding tert-OH is 1. The van der Waals surface area contributed by atoms with E-state index in [9.17, 15) is 9.90 Å². The number of aromatic nitrogens is 3. The second-order valence-corrected chi connectivity index (χ2v) is 4.01. The van der Waals surface area contributed by atoms with E-state index in [4.69, 9.17) is 0 Å². The third-order valence-electron chi connectivity index (χ3n) is 2.86. The fraction of sp³-hybridized carbons (Fsp3) is 0.0769. The van der Waals surface area contributed by atoms with Gasteiger partial charge >= 0.3 is 5.69 Å². The Kier molecular flexibility index (Phi) is 2.46. The maximum absolute atomic E-state index is 11.2. The van der Waals surface area contributed by atoms with Crippen molar-refractivity contribution in [1.82, 2.24) is 14.6 Å². The normalized spacial score (nSPS) is 12.7. The molecule has 1 aromatic carbocycles. The molecule has 3 aromatic rings. The molecule has 3 rings (SSSR count). The number of fused-ring (bicyclic) bond motifs is 1. The standard InChI is InChI=1S/C13H11N3O2/c17-12(9-4-2-1-3-5-9)11-7-6-10-8-14-13(18)15-16(10)11/h1-8,12,17H,(H,15,18). The molecule has 0 amide bonds. The van der Waals surface area contributed by atoms with E-state index in [2.05, 4.69) is 10.1 Å². The van der Waals surface area contributed by atoms with Gasteiger partial charge in [0.15, 0.2) is 0 Å². The summed E-state index contributed by atoms with van der Waals surface area (Å²) in [6.07, 6.45) is 0.687. The van der Waals surface area contributed by atoms with Gasteiger partial charge in [0.25, 0.3) is 0 Å². The Bertz CT molecular complexity index is 731. The Morgan fingerprint density at radius 2 is 1.94 bits per heavy atom. The Balaban J connectivity index is 2.15. The number of hydrogen-bond donors (Lipinski definition) is 2. The summed E-state index contributed by atoms with van der Waals surface area (Å²) in [6.45, 7) is 0. The highest BCUT2D eigenvalue weighted by Gasteiger charge is 2.14.